The number of nitro groups is 1. The molecule has 6 nitrogen and oxygen atoms in total. The first kappa shape index (κ1) is 12.0. The lowest BCUT2D eigenvalue weighted by molar-refractivity contribution is -0.385. The van der Waals surface area contributed by atoms with Gasteiger partial charge in [0.25, 0.3) is 11.2 Å². The standard InChI is InChI=1S/C6H4N2O4.C2H6/c9-3-4-1-5(8(11)12)2-7-6(4)10;1-2/h1-3H,(H,7,10);1-2H3. The van der Waals surface area contributed by atoms with Gasteiger partial charge in [0, 0.05) is 6.07 Å². The van der Waals surface area contributed by atoms with Crippen molar-refractivity contribution < 1.29 is 9.72 Å². The van der Waals surface area contributed by atoms with E-state index in [-0.39, 0.29) is 17.5 Å². The van der Waals surface area contributed by atoms with Gasteiger partial charge in [0.1, 0.15) is 0 Å². The number of nitrogens with zero attached hydrogens (tertiary/aromatic N) is 1. The summed E-state index contributed by atoms with van der Waals surface area (Å²) in [6, 6.07) is 0.922. The minimum atomic E-state index is -0.692. The van der Waals surface area contributed by atoms with Gasteiger partial charge >= 0.3 is 0 Å². The van der Waals surface area contributed by atoms with Crippen LogP contribution in [0.3, 0.4) is 0 Å². The van der Waals surface area contributed by atoms with E-state index in [1.165, 1.54) is 0 Å². The highest BCUT2D eigenvalue weighted by molar-refractivity contribution is 5.75. The van der Waals surface area contributed by atoms with Crippen LogP contribution in [-0.2, 0) is 0 Å². The summed E-state index contributed by atoms with van der Waals surface area (Å²) in [6.45, 7) is 4.00. The summed E-state index contributed by atoms with van der Waals surface area (Å²) in [7, 11) is 0. The molecule has 6 heteroatoms. The first-order valence-electron chi connectivity index (χ1n) is 3.97. The monoisotopic (exact) mass is 198 g/mol. The van der Waals surface area contributed by atoms with Gasteiger partial charge in [0.15, 0.2) is 6.29 Å². The fourth-order valence-corrected chi connectivity index (χ4v) is 0.682. The molecule has 0 spiro atoms. The number of aldehydes is 1. The van der Waals surface area contributed by atoms with Crippen molar-refractivity contribution in [1.82, 2.24) is 4.98 Å². The third-order valence-electron chi connectivity index (χ3n) is 1.25. The maximum Gasteiger partial charge on any atom is 0.286 e. The molecule has 0 bridgehead atoms. The van der Waals surface area contributed by atoms with Gasteiger partial charge < -0.3 is 4.98 Å². The lowest BCUT2D eigenvalue weighted by atomic mass is 10.3. The van der Waals surface area contributed by atoms with Gasteiger partial charge in [-0.1, -0.05) is 13.8 Å². The molecule has 1 heterocycles. The zero-order valence-electron chi connectivity index (χ0n) is 7.81. The van der Waals surface area contributed by atoms with Crippen LogP contribution in [0, 0.1) is 10.1 Å². The molecule has 14 heavy (non-hydrogen) atoms. The van der Waals surface area contributed by atoms with E-state index in [9.17, 15) is 19.7 Å². The number of hydrogen-bond donors (Lipinski definition) is 1. The lowest BCUT2D eigenvalue weighted by Gasteiger charge is -1.90. The van der Waals surface area contributed by atoms with E-state index >= 15 is 0 Å². The third kappa shape index (κ3) is 2.81. The van der Waals surface area contributed by atoms with E-state index in [2.05, 4.69) is 4.98 Å². The van der Waals surface area contributed by atoms with Crippen molar-refractivity contribution in [3.8, 4) is 0 Å². The number of pyridine rings is 1. The molecule has 1 rings (SSSR count). The van der Waals surface area contributed by atoms with Crippen LogP contribution in [-0.4, -0.2) is 16.2 Å². The minimum absolute atomic E-state index is 0.246. The van der Waals surface area contributed by atoms with Crippen molar-refractivity contribution in [2.45, 2.75) is 13.8 Å². The molecule has 0 fully saturated rings. The van der Waals surface area contributed by atoms with Gasteiger partial charge in [-0.2, -0.15) is 0 Å². The maximum absolute atomic E-state index is 10.7. The second kappa shape index (κ2) is 5.63. The molecular weight excluding hydrogens is 188 g/mol. The first-order chi connectivity index (χ1) is 6.65. The second-order valence-electron chi connectivity index (χ2n) is 2.02. The Hall–Kier alpha value is -1.98. The molecule has 0 aliphatic heterocycles. The van der Waals surface area contributed by atoms with E-state index in [0.717, 1.165) is 12.3 Å². The zero-order valence-corrected chi connectivity index (χ0v) is 7.81. The molecule has 76 valence electrons. The number of H-pyrrole nitrogens is 1. The SMILES string of the molecule is CC.O=Cc1cc([N+](=O)[O-])c[nH]c1=O. The van der Waals surface area contributed by atoms with Crippen molar-refractivity contribution >= 4 is 12.0 Å². The Bertz CT molecular complexity index is 383. The molecule has 0 aliphatic rings. The third-order valence-corrected chi connectivity index (χ3v) is 1.25. The van der Waals surface area contributed by atoms with Crippen molar-refractivity contribution in [2.75, 3.05) is 0 Å². The maximum atomic E-state index is 10.7. The topological polar surface area (TPSA) is 93.1 Å². The predicted molar refractivity (Wildman–Crippen MR) is 50.5 cm³/mol. The number of hydrogen-bond acceptors (Lipinski definition) is 4. The number of rotatable bonds is 2. The van der Waals surface area contributed by atoms with Crippen molar-refractivity contribution in [3.05, 3.63) is 38.3 Å². The van der Waals surface area contributed by atoms with Crippen molar-refractivity contribution in [3.63, 3.8) is 0 Å². The molecule has 0 radical (unpaired) electrons. The second-order valence-corrected chi connectivity index (χ2v) is 2.02. The number of nitrogens with one attached hydrogen (secondary N) is 1. The van der Waals surface area contributed by atoms with Gasteiger partial charge in [-0.25, -0.2) is 0 Å². The van der Waals surface area contributed by atoms with Crippen molar-refractivity contribution in [2.24, 2.45) is 0 Å². The number of aromatic amines is 1. The first-order valence-corrected chi connectivity index (χ1v) is 3.97. The molecule has 1 N–H and O–H groups in total. The summed E-state index contributed by atoms with van der Waals surface area (Å²) in [5.74, 6) is 0. The normalized spacial score (nSPS) is 8.43. The zero-order chi connectivity index (χ0) is 11.1. The van der Waals surface area contributed by atoms with E-state index in [1.807, 2.05) is 13.8 Å². The molecule has 0 saturated carbocycles. The Kier molecular flexibility index (Phi) is 4.83. The summed E-state index contributed by atoms with van der Waals surface area (Å²) in [5.41, 5.74) is -1.18. The van der Waals surface area contributed by atoms with Gasteiger partial charge in [0.2, 0.25) is 0 Å². The van der Waals surface area contributed by atoms with E-state index in [4.69, 9.17) is 0 Å². The summed E-state index contributed by atoms with van der Waals surface area (Å²) in [5, 5.41) is 10.1. The Labute approximate surface area is 79.7 Å². The predicted octanol–water partition coefficient (Wildman–Crippen LogP) is 1.12. The molecule has 1 aromatic rings. The molecule has 0 aliphatic carbocycles. The summed E-state index contributed by atoms with van der Waals surface area (Å²) < 4.78 is 0. The van der Waals surface area contributed by atoms with Gasteiger partial charge in [-0.3, -0.25) is 19.7 Å². The van der Waals surface area contributed by atoms with Gasteiger partial charge in [-0.05, 0) is 0 Å². The average Bonchev–Trinajstić information content (AvgIpc) is 2.21. The average molecular weight is 198 g/mol. The summed E-state index contributed by atoms with van der Waals surface area (Å²) in [4.78, 5) is 32.4. The molecule has 0 saturated heterocycles. The van der Waals surface area contributed by atoms with Crippen LogP contribution in [0.2, 0.25) is 0 Å². The number of aromatic nitrogens is 1. The largest absolute Gasteiger partial charge is 0.322 e. The number of carbonyl (C=O) groups excluding carboxylic acids is 1. The van der Waals surface area contributed by atoms with Crippen LogP contribution in [0.15, 0.2) is 17.1 Å². The van der Waals surface area contributed by atoms with E-state index < -0.39 is 10.5 Å². The fraction of sp³-hybridized carbons (Fsp3) is 0.250. The summed E-state index contributed by atoms with van der Waals surface area (Å²) in [6.07, 6.45) is 1.21. The van der Waals surface area contributed by atoms with Crippen LogP contribution >= 0.6 is 0 Å². The molecule has 0 atom stereocenters. The van der Waals surface area contributed by atoms with Crippen molar-refractivity contribution in [1.29, 1.82) is 0 Å². The highest BCUT2D eigenvalue weighted by Crippen LogP contribution is 2.06. The molecule has 1 aromatic heterocycles. The molecular formula is C8H10N2O4. The van der Waals surface area contributed by atoms with Crippen LogP contribution in [0.1, 0.15) is 24.2 Å². The van der Waals surface area contributed by atoms with E-state index in [0.29, 0.717) is 0 Å². The lowest BCUT2D eigenvalue weighted by Crippen LogP contribution is -2.11. The van der Waals surface area contributed by atoms with Crippen LogP contribution < -0.4 is 5.56 Å². The molecule has 0 aromatic carbocycles. The van der Waals surface area contributed by atoms with E-state index in [1.54, 1.807) is 0 Å². The van der Waals surface area contributed by atoms with Crippen LogP contribution in [0.5, 0.6) is 0 Å². The quantitative estimate of drug-likeness (QED) is 0.437. The summed E-state index contributed by atoms with van der Waals surface area (Å²) >= 11 is 0. The van der Waals surface area contributed by atoms with Gasteiger partial charge in [0.05, 0.1) is 16.7 Å². The van der Waals surface area contributed by atoms with Crippen LogP contribution in [0.4, 0.5) is 5.69 Å². The Morgan fingerprint density at radius 3 is 2.50 bits per heavy atom. The minimum Gasteiger partial charge on any atom is -0.322 e. The molecule has 0 unspecified atom stereocenters. The smallest absolute Gasteiger partial charge is 0.286 e. The van der Waals surface area contributed by atoms with Gasteiger partial charge in [-0.15, -0.1) is 0 Å². The Morgan fingerprint density at radius 2 is 2.07 bits per heavy atom. The Balaban J connectivity index is 0.000000791. The Morgan fingerprint density at radius 1 is 1.50 bits per heavy atom. The molecule has 0 amide bonds. The highest BCUT2D eigenvalue weighted by Gasteiger charge is 2.07. The number of carbonyl (C=O) groups is 1. The highest BCUT2D eigenvalue weighted by atomic mass is 16.6. The van der Waals surface area contributed by atoms with Crippen LogP contribution in [0.25, 0.3) is 0 Å². The fourth-order valence-electron chi connectivity index (χ4n) is 0.682.